The van der Waals surface area contributed by atoms with Crippen molar-refractivity contribution in [3.63, 3.8) is 0 Å². The minimum Gasteiger partial charge on any atom is -0.439 e. The van der Waals surface area contributed by atoms with E-state index in [0.717, 1.165) is 0 Å². The zero-order valence-electron chi connectivity index (χ0n) is 11.4. The first-order chi connectivity index (χ1) is 8.81. The Bertz CT molecular complexity index is 455. The van der Waals surface area contributed by atoms with Crippen LogP contribution in [0.3, 0.4) is 0 Å². The fraction of sp³-hybridized carbons (Fsp3) is 0.429. The molecule has 0 fully saturated rings. The number of amides is 1. The van der Waals surface area contributed by atoms with Gasteiger partial charge in [0.25, 0.3) is 0 Å². The SMILES string of the molecule is C=CC[C@@H](OC(=O)NC(C)(C)C)c1cc(Cl)ccn1. The van der Waals surface area contributed by atoms with E-state index in [4.69, 9.17) is 16.3 Å². The third-order valence-electron chi connectivity index (χ3n) is 2.18. The first kappa shape index (κ1) is 15.5. The number of alkyl carbamates (subject to hydrolysis) is 1. The van der Waals surface area contributed by atoms with Gasteiger partial charge in [-0.2, -0.15) is 0 Å². The number of carbonyl (C=O) groups excluding carboxylic acids is 1. The smallest absolute Gasteiger partial charge is 0.408 e. The third kappa shape index (κ3) is 5.75. The molecule has 1 aromatic heterocycles. The van der Waals surface area contributed by atoms with Crippen LogP contribution in [0, 0.1) is 0 Å². The molecule has 1 amide bonds. The Kier molecular flexibility index (Phi) is 5.36. The maximum Gasteiger partial charge on any atom is 0.408 e. The van der Waals surface area contributed by atoms with Gasteiger partial charge in [-0.05, 0) is 32.9 Å². The number of nitrogens with zero attached hydrogens (tertiary/aromatic N) is 1. The standard InChI is InChI=1S/C14H19ClN2O2/c1-5-6-12(11-9-10(15)7-8-16-11)19-13(18)17-14(2,3)4/h5,7-9,12H,1,6H2,2-4H3,(H,17,18)/t12-/m1/s1. The van der Waals surface area contributed by atoms with Gasteiger partial charge in [-0.1, -0.05) is 17.7 Å². The van der Waals surface area contributed by atoms with E-state index < -0.39 is 12.2 Å². The van der Waals surface area contributed by atoms with E-state index in [1.165, 1.54) is 0 Å². The lowest BCUT2D eigenvalue weighted by molar-refractivity contribution is 0.0902. The summed E-state index contributed by atoms with van der Waals surface area (Å²) in [6, 6.07) is 3.35. The van der Waals surface area contributed by atoms with Gasteiger partial charge in [-0.3, -0.25) is 4.98 Å². The van der Waals surface area contributed by atoms with Gasteiger partial charge < -0.3 is 10.1 Å². The summed E-state index contributed by atoms with van der Waals surface area (Å²) >= 11 is 5.91. The number of aromatic nitrogens is 1. The summed E-state index contributed by atoms with van der Waals surface area (Å²) < 4.78 is 5.37. The highest BCUT2D eigenvalue weighted by Crippen LogP contribution is 2.22. The van der Waals surface area contributed by atoms with E-state index in [2.05, 4.69) is 16.9 Å². The summed E-state index contributed by atoms with van der Waals surface area (Å²) in [6.07, 6.45) is 2.76. The summed E-state index contributed by atoms with van der Waals surface area (Å²) in [5, 5.41) is 3.29. The van der Waals surface area contributed by atoms with Gasteiger partial charge in [-0.25, -0.2) is 4.79 Å². The Morgan fingerprint density at radius 3 is 2.84 bits per heavy atom. The van der Waals surface area contributed by atoms with Crippen LogP contribution in [0.5, 0.6) is 0 Å². The van der Waals surface area contributed by atoms with E-state index in [9.17, 15) is 4.79 Å². The topological polar surface area (TPSA) is 51.2 Å². The maximum absolute atomic E-state index is 11.8. The third-order valence-corrected chi connectivity index (χ3v) is 2.42. The minimum absolute atomic E-state index is 0.350. The Morgan fingerprint density at radius 2 is 2.32 bits per heavy atom. The van der Waals surface area contributed by atoms with Crippen molar-refractivity contribution in [1.82, 2.24) is 10.3 Å². The zero-order chi connectivity index (χ0) is 14.5. The van der Waals surface area contributed by atoms with E-state index in [0.29, 0.717) is 17.1 Å². The summed E-state index contributed by atoms with van der Waals surface area (Å²) in [5.41, 5.74) is 0.258. The average Bonchev–Trinajstić information content (AvgIpc) is 2.26. The monoisotopic (exact) mass is 282 g/mol. The number of halogens is 1. The van der Waals surface area contributed by atoms with Gasteiger partial charge in [0.2, 0.25) is 0 Å². The van der Waals surface area contributed by atoms with Crippen LogP contribution in [0.15, 0.2) is 31.0 Å². The number of nitrogens with one attached hydrogen (secondary N) is 1. The predicted molar refractivity (Wildman–Crippen MR) is 76.2 cm³/mol. The van der Waals surface area contributed by atoms with Crippen LogP contribution in [0.4, 0.5) is 4.79 Å². The van der Waals surface area contributed by atoms with Crippen molar-refractivity contribution in [1.29, 1.82) is 0 Å². The second-order valence-electron chi connectivity index (χ2n) is 5.19. The molecule has 1 rings (SSSR count). The number of carbonyl (C=O) groups is 1. The second kappa shape index (κ2) is 6.57. The van der Waals surface area contributed by atoms with E-state index >= 15 is 0 Å². The lowest BCUT2D eigenvalue weighted by Gasteiger charge is -2.23. The van der Waals surface area contributed by atoms with Crippen molar-refractivity contribution in [2.75, 3.05) is 0 Å². The van der Waals surface area contributed by atoms with Crippen LogP contribution in [0.1, 0.15) is 39.0 Å². The Morgan fingerprint density at radius 1 is 1.63 bits per heavy atom. The molecule has 0 aliphatic rings. The van der Waals surface area contributed by atoms with E-state index in [-0.39, 0.29) is 5.54 Å². The average molecular weight is 283 g/mol. The molecule has 5 heteroatoms. The van der Waals surface area contributed by atoms with Crippen LogP contribution in [0.2, 0.25) is 5.02 Å². The highest BCUT2D eigenvalue weighted by molar-refractivity contribution is 6.30. The molecule has 1 heterocycles. The van der Waals surface area contributed by atoms with Crippen molar-refractivity contribution in [2.45, 2.75) is 38.8 Å². The predicted octanol–water partition coefficient (Wildman–Crippen LogP) is 3.88. The molecule has 0 spiro atoms. The molecule has 0 aromatic carbocycles. The summed E-state index contributed by atoms with van der Waals surface area (Å²) in [6.45, 7) is 9.31. The maximum atomic E-state index is 11.8. The van der Waals surface area contributed by atoms with Gasteiger partial charge in [0.1, 0.15) is 6.10 Å². The van der Waals surface area contributed by atoms with Crippen molar-refractivity contribution in [2.24, 2.45) is 0 Å². The molecule has 0 aliphatic heterocycles. The zero-order valence-corrected chi connectivity index (χ0v) is 12.2. The van der Waals surface area contributed by atoms with Gasteiger partial charge in [0.15, 0.2) is 0 Å². The molecule has 104 valence electrons. The Labute approximate surface area is 118 Å². The van der Waals surface area contributed by atoms with Crippen LogP contribution in [-0.4, -0.2) is 16.6 Å². The van der Waals surface area contributed by atoms with Crippen molar-refractivity contribution >= 4 is 17.7 Å². The summed E-state index contributed by atoms with van der Waals surface area (Å²) in [5.74, 6) is 0. The van der Waals surface area contributed by atoms with Gasteiger partial charge in [-0.15, -0.1) is 6.58 Å². The summed E-state index contributed by atoms with van der Waals surface area (Å²) in [4.78, 5) is 15.9. The molecular formula is C14H19ClN2O2. The molecular weight excluding hydrogens is 264 g/mol. The van der Waals surface area contributed by atoms with Crippen LogP contribution in [0.25, 0.3) is 0 Å². The van der Waals surface area contributed by atoms with Gasteiger partial charge in [0, 0.05) is 23.2 Å². The van der Waals surface area contributed by atoms with E-state index in [1.807, 2.05) is 20.8 Å². The molecule has 1 N–H and O–H groups in total. The molecule has 19 heavy (non-hydrogen) atoms. The molecule has 4 nitrogen and oxygen atoms in total. The molecule has 1 atom stereocenters. The second-order valence-corrected chi connectivity index (χ2v) is 5.63. The Hall–Kier alpha value is -1.55. The lowest BCUT2D eigenvalue weighted by atomic mass is 10.1. The number of ether oxygens (including phenoxy) is 1. The molecule has 0 unspecified atom stereocenters. The lowest BCUT2D eigenvalue weighted by Crippen LogP contribution is -2.41. The highest BCUT2D eigenvalue weighted by Gasteiger charge is 2.20. The van der Waals surface area contributed by atoms with Crippen molar-refractivity contribution < 1.29 is 9.53 Å². The number of rotatable bonds is 4. The van der Waals surface area contributed by atoms with E-state index in [1.54, 1.807) is 24.4 Å². The van der Waals surface area contributed by atoms with Gasteiger partial charge in [0.05, 0.1) is 5.69 Å². The quantitative estimate of drug-likeness (QED) is 0.853. The Balaban J connectivity index is 2.78. The largest absolute Gasteiger partial charge is 0.439 e. The summed E-state index contributed by atoms with van der Waals surface area (Å²) in [7, 11) is 0. The van der Waals surface area contributed by atoms with Gasteiger partial charge >= 0.3 is 6.09 Å². The molecule has 0 aliphatic carbocycles. The first-order valence-electron chi connectivity index (χ1n) is 6.03. The first-order valence-corrected chi connectivity index (χ1v) is 6.41. The molecule has 0 saturated heterocycles. The fourth-order valence-corrected chi connectivity index (χ4v) is 1.61. The molecule has 0 bridgehead atoms. The number of hydrogen-bond donors (Lipinski definition) is 1. The minimum atomic E-state index is -0.487. The number of pyridine rings is 1. The molecule has 0 saturated carbocycles. The van der Waals surface area contributed by atoms with Crippen LogP contribution < -0.4 is 5.32 Å². The molecule has 0 radical (unpaired) electrons. The highest BCUT2D eigenvalue weighted by atomic mass is 35.5. The normalized spacial score (nSPS) is 12.6. The van der Waals surface area contributed by atoms with Crippen molar-refractivity contribution in [3.05, 3.63) is 41.7 Å². The number of hydrogen-bond acceptors (Lipinski definition) is 3. The fourth-order valence-electron chi connectivity index (χ4n) is 1.44. The van der Waals surface area contributed by atoms with Crippen molar-refractivity contribution in [3.8, 4) is 0 Å². The van der Waals surface area contributed by atoms with Crippen LogP contribution >= 0.6 is 11.6 Å². The molecule has 1 aromatic rings. The van der Waals surface area contributed by atoms with Crippen LogP contribution in [-0.2, 0) is 4.74 Å².